The Hall–Kier alpha value is -1.10. The molecule has 0 aromatic heterocycles. The third-order valence-corrected chi connectivity index (χ3v) is 4.10. The largest absolute Gasteiger partial charge is 0.497 e. The van der Waals surface area contributed by atoms with Crippen molar-refractivity contribution in [2.75, 3.05) is 26.7 Å². The number of nitrogens with two attached hydrogens (primary N) is 1. The predicted octanol–water partition coefficient (Wildman–Crippen LogP) is 1.56. The van der Waals surface area contributed by atoms with Gasteiger partial charge in [-0.25, -0.2) is 0 Å². The van der Waals surface area contributed by atoms with Crippen LogP contribution in [0.2, 0.25) is 0 Å². The van der Waals surface area contributed by atoms with Gasteiger partial charge in [-0.15, -0.1) is 0 Å². The Bertz CT molecular complexity index is 426. The summed E-state index contributed by atoms with van der Waals surface area (Å²) in [5.41, 5.74) is 7.46. The summed E-state index contributed by atoms with van der Waals surface area (Å²) in [6.07, 6.45) is 3.26. The fourth-order valence-corrected chi connectivity index (χ4v) is 3.10. The molecule has 1 aromatic rings. The van der Waals surface area contributed by atoms with Crippen molar-refractivity contribution in [3.63, 3.8) is 0 Å². The van der Waals surface area contributed by atoms with Gasteiger partial charge < -0.3 is 15.2 Å². The van der Waals surface area contributed by atoms with Crippen LogP contribution in [0.15, 0.2) is 24.3 Å². The molecule has 3 rings (SSSR count). The molecule has 0 radical (unpaired) electrons. The highest BCUT2D eigenvalue weighted by atomic mass is 16.5. The lowest BCUT2D eigenvalue weighted by Gasteiger charge is -2.33. The third kappa shape index (κ3) is 2.91. The van der Waals surface area contributed by atoms with E-state index >= 15 is 0 Å². The van der Waals surface area contributed by atoms with Crippen molar-refractivity contribution in [2.45, 2.75) is 31.1 Å². The minimum absolute atomic E-state index is 0.0348. The van der Waals surface area contributed by atoms with Crippen LogP contribution in [0, 0.1) is 0 Å². The van der Waals surface area contributed by atoms with Gasteiger partial charge in [0.2, 0.25) is 0 Å². The number of fused-ring (bicyclic) bond motifs is 2. The third-order valence-electron chi connectivity index (χ3n) is 4.10. The normalized spacial score (nSPS) is 28.3. The summed E-state index contributed by atoms with van der Waals surface area (Å²) >= 11 is 0. The first kappa shape index (κ1) is 12.9. The molecule has 2 aliphatic heterocycles. The van der Waals surface area contributed by atoms with E-state index in [-0.39, 0.29) is 6.04 Å². The minimum Gasteiger partial charge on any atom is -0.497 e. The van der Waals surface area contributed by atoms with Gasteiger partial charge in [0.15, 0.2) is 0 Å². The first-order valence-corrected chi connectivity index (χ1v) is 7.02. The summed E-state index contributed by atoms with van der Waals surface area (Å²) in [5.74, 6) is 0.870. The van der Waals surface area contributed by atoms with Crippen LogP contribution in [0.3, 0.4) is 0 Å². The molecule has 0 spiro atoms. The molecule has 1 aromatic carbocycles. The number of hydrogen-bond donors (Lipinski definition) is 1. The van der Waals surface area contributed by atoms with E-state index in [1.807, 2.05) is 18.2 Å². The number of hydrogen-bond acceptors (Lipinski definition) is 4. The maximum Gasteiger partial charge on any atom is 0.119 e. The van der Waals surface area contributed by atoms with Gasteiger partial charge in [-0.3, -0.25) is 4.90 Å². The summed E-state index contributed by atoms with van der Waals surface area (Å²) < 4.78 is 11.1. The van der Waals surface area contributed by atoms with Gasteiger partial charge in [0, 0.05) is 25.7 Å². The summed E-state index contributed by atoms with van der Waals surface area (Å²) in [7, 11) is 1.68. The standard InChI is InChI=1S/C15H22N2O2/c1-18-12-4-2-3-11(7-12)15(16)10-17-8-13-5-6-14(9-17)19-13/h2-4,7,13-15H,5-6,8-10,16H2,1H3. The molecule has 2 saturated heterocycles. The van der Waals surface area contributed by atoms with Crippen LogP contribution in [0.25, 0.3) is 0 Å². The number of likely N-dealkylation sites (tertiary alicyclic amines) is 1. The van der Waals surface area contributed by atoms with Crippen LogP contribution in [0.1, 0.15) is 24.4 Å². The lowest BCUT2D eigenvalue weighted by Crippen LogP contribution is -2.45. The van der Waals surface area contributed by atoms with Gasteiger partial charge in [0.25, 0.3) is 0 Å². The van der Waals surface area contributed by atoms with E-state index in [9.17, 15) is 0 Å². The molecule has 4 heteroatoms. The van der Waals surface area contributed by atoms with Gasteiger partial charge in [-0.1, -0.05) is 12.1 Å². The highest BCUT2D eigenvalue weighted by Gasteiger charge is 2.34. The maximum absolute atomic E-state index is 6.32. The number of rotatable bonds is 4. The van der Waals surface area contributed by atoms with E-state index in [0.717, 1.165) is 30.9 Å². The molecule has 2 fully saturated rings. The molecule has 19 heavy (non-hydrogen) atoms. The van der Waals surface area contributed by atoms with E-state index in [1.165, 1.54) is 12.8 Å². The molecule has 2 bridgehead atoms. The number of ether oxygens (including phenoxy) is 2. The van der Waals surface area contributed by atoms with E-state index in [4.69, 9.17) is 15.2 Å². The molecule has 2 heterocycles. The van der Waals surface area contributed by atoms with E-state index in [1.54, 1.807) is 7.11 Å². The molecule has 3 atom stereocenters. The Kier molecular flexibility index (Phi) is 3.73. The highest BCUT2D eigenvalue weighted by molar-refractivity contribution is 5.30. The van der Waals surface area contributed by atoms with Crippen LogP contribution in [-0.2, 0) is 4.74 Å². The Morgan fingerprint density at radius 2 is 2.11 bits per heavy atom. The summed E-state index contributed by atoms with van der Waals surface area (Å²) in [6, 6.07) is 8.08. The van der Waals surface area contributed by atoms with Gasteiger partial charge in [0.05, 0.1) is 19.3 Å². The van der Waals surface area contributed by atoms with Crippen molar-refractivity contribution in [2.24, 2.45) is 5.73 Å². The van der Waals surface area contributed by atoms with E-state index in [0.29, 0.717) is 12.2 Å². The van der Waals surface area contributed by atoms with Crippen LogP contribution >= 0.6 is 0 Å². The summed E-state index contributed by atoms with van der Waals surface area (Å²) in [6.45, 7) is 2.94. The quantitative estimate of drug-likeness (QED) is 0.894. The molecular weight excluding hydrogens is 240 g/mol. The Balaban J connectivity index is 1.62. The Labute approximate surface area is 114 Å². The fourth-order valence-electron chi connectivity index (χ4n) is 3.10. The van der Waals surface area contributed by atoms with Crippen molar-refractivity contribution in [1.29, 1.82) is 0 Å². The maximum atomic E-state index is 6.32. The van der Waals surface area contributed by atoms with E-state index < -0.39 is 0 Å². The lowest BCUT2D eigenvalue weighted by molar-refractivity contribution is -0.0397. The van der Waals surface area contributed by atoms with Gasteiger partial charge in [-0.05, 0) is 30.5 Å². The molecule has 2 aliphatic rings. The highest BCUT2D eigenvalue weighted by Crippen LogP contribution is 2.27. The molecule has 0 aliphatic carbocycles. The van der Waals surface area contributed by atoms with Gasteiger partial charge >= 0.3 is 0 Å². The van der Waals surface area contributed by atoms with Gasteiger partial charge in [0.1, 0.15) is 5.75 Å². The SMILES string of the molecule is COc1cccc(C(N)CN2CC3CCC(C2)O3)c1. The summed E-state index contributed by atoms with van der Waals surface area (Å²) in [5, 5.41) is 0. The van der Waals surface area contributed by atoms with Crippen LogP contribution in [0.5, 0.6) is 5.75 Å². The van der Waals surface area contributed by atoms with Crippen LogP contribution < -0.4 is 10.5 Å². The Morgan fingerprint density at radius 3 is 2.79 bits per heavy atom. The number of nitrogens with zero attached hydrogens (tertiary/aromatic N) is 1. The number of morpholine rings is 1. The molecule has 0 amide bonds. The van der Waals surface area contributed by atoms with E-state index in [2.05, 4.69) is 11.0 Å². The smallest absolute Gasteiger partial charge is 0.119 e. The molecule has 0 saturated carbocycles. The van der Waals surface area contributed by atoms with Crippen LogP contribution in [0.4, 0.5) is 0 Å². The van der Waals surface area contributed by atoms with Crippen LogP contribution in [-0.4, -0.2) is 43.9 Å². The minimum atomic E-state index is 0.0348. The monoisotopic (exact) mass is 262 g/mol. The molecule has 2 N–H and O–H groups in total. The number of methoxy groups -OCH3 is 1. The van der Waals surface area contributed by atoms with Crippen molar-refractivity contribution < 1.29 is 9.47 Å². The zero-order valence-corrected chi connectivity index (χ0v) is 11.4. The van der Waals surface area contributed by atoms with Crippen molar-refractivity contribution >= 4 is 0 Å². The molecular formula is C15H22N2O2. The topological polar surface area (TPSA) is 47.7 Å². The molecule has 104 valence electrons. The predicted molar refractivity (Wildman–Crippen MR) is 74.3 cm³/mol. The average Bonchev–Trinajstić information content (AvgIpc) is 2.78. The van der Waals surface area contributed by atoms with Crippen molar-refractivity contribution in [3.05, 3.63) is 29.8 Å². The average molecular weight is 262 g/mol. The van der Waals surface area contributed by atoms with Crippen molar-refractivity contribution in [1.82, 2.24) is 4.90 Å². The first-order valence-electron chi connectivity index (χ1n) is 7.02. The first-order chi connectivity index (χ1) is 9.24. The molecule has 3 unspecified atom stereocenters. The van der Waals surface area contributed by atoms with Crippen molar-refractivity contribution in [3.8, 4) is 5.75 Å². The second-order valence-electron chi connectivity index (χ2n) is 5.56. The second kappa shape index (κ2) is 5.49. The lowest BCUT2D eigenvalue weighted by atomic mass is 10.1. The summed E-state index contributed by atoms with van der Waals surface area (Å²) in [4.78, 5) is 2.44. The Morgan fingerprint density at radius 1 is 1.37 bits per heavy atom. The van der Waals surface area contributed by atoms with Gasteiger partial charge in [-0.2, -0.15) is 0 Å². The second-order valence-corrected chi connectivity index (χ2v) is 5.56. The zero-order valence-electron chi connectivity index (χ0n) is 11.4. The molecule has 4 nitrogen and oxygen atoms in total. The number of benzene rings is 1. The zero-order chi connectivity index (χ0) is 13.2. The fraction of sp³-hybridized carbons (Fsp3) is 0.600.